The zero-order chi connectivity index (χ0) is 22.6. The zero-order valence-corrected chi connectivity index (χ0v) is 21.0. The summed E-state index contributed by atoms with van der Waals surface area (Å²) in [7, 11) is 3.29. The van der Waals surface area contributed by atoms with Crippen LogP contribution in [0.15, 0.2) is 29.3 Å². The number of nitrogens with one attached hydrogen (secondary N) is 2. The van der Waals surface area contributed by atoms with Crippen LogP contribution in [0.25, 0.3) is 0 Å². The van der Waals surface area contributed by atoms with Crippen LogP contribution in [0.3, 0.4) is 0 Å². The Labute approximate surface area is 203 Å². The minimum Gasteiger partial charge on any atom is -0.377 e. The number of aryl methyl sites for hydroxylation is 1. The molecule has 1 unspecified atom stereocenters. The molecule has 0 aliphatic carbocycles. The lowest BCUT2D eigenvalue weighted by Crippen LogP contribution is -2.49. The van der Waals surface area contributed by atoms with E-state index in [4.69, 9.17) is 4.74 Å². The van der Waals surface area contributed by atoms with Crippen molar-refractivity contribution >= 4 is 29.9 Å². The molecule has 2 aromatic rings. The molecule has 0 amide bonds. The van der Waals surface area contributed by atoms with Crippen molar-refractivity contribution in [1.29, 1.82) is 0 Å². The minimum atomic E-state index is -4.36. The van der Waals surface area contributed by atoms with Crippen molar-refractivity contribution in [3.8, 4) is 0 Å². The Morgan fingerprint density at radius 1 is 1.28 bits per heavy atom. The van der Waals surface area contributed by atoms with Crippen molar-refractivity contribution in [2.75, 3.05) is 20.7 Å². The number of aliphatic imine (C=N–C) groups is 1. The molecule has 1 aliphatic rings. The van der Waals surface area contributed by atoms with Gasteiger partial charge in [0.2, 0.25) is 0 Å². The number of alkyl halides is 3. The molecule has 2 heterocycles. The molecule has 2 N–H and O–H groups in total. The topological polar surface area (TPSA) is 76.4 Å². The molecule has 11 heteroatoms. The number of benzene rings is 1. The van der Waals surface area contributed by atoms with E-state index in [1.165, 1.54) is 12.1 Å². The molecule has 178 valence electrons. The van der Waals surface area contributed by atoms with Crippen LogP contribution in [-0.4, -0.2) is 47.5 Å². The number of halogens is 4. The summed E-state index contributed by atoms with van der Waals surface area (Å²) in [6, 6.07) is 5.59. The van der Waals surface area contributed by atoms with E-state index in [1.54, 1.807) is 20.2 Å². The second-order valence-electron chi connectivity index (χ2n) is 8.33. The number of methoxy groups -OCH3 is 1. The highest BCUT2D eigenvalue weighted by Gasteiger charge is 2.32. The van der Waals surface area contributed by atoms with Crippen molar-refractivity contribution in [2.45, 2.75) is 57.5 Å². The molecule has 1 atom stereocenters. The van der Waals surface area contributed by atoms with Crippen molar-refractivity contribution in [2.24, 2.45) is 4.99 Å². The van der Waals surface area contributed by atoms with Gasteiger partial charge in [0.25, 0.3) is 0 Å². The van der Waals surface area contributed by atoms with Crippen LogP contribution in [0, 0.1) is 0 Å². The maximum absolute atomic E-state index is 13.1. The molecule has 3 rings (SSSR count). The Bertz CT molecular complexity index is 928. The van der Waals surface area contributed by atoms with Crippen LogP contribution in [0.4, 0.5) is 13.2 Å². The van der Waals surface area contributed by atoms with E-state index in [9.17, 15) is 13.2 Å². The minimum absolute atomic E-state index is 0. The van der Waals surface area contributed by atoms with E-state index in [-0.39, 0.29) is 30.0 Å². The maximum atomic E-state index is 13.1. The average molecular weight is 566 g/mol. The summed E-state index contributed by atoms with van der Waals surface area (Å²) in [6.07, 6.45) is -2.69. The molecule has 0 radical (unpaired) electrons. The first-order valence-corrected chi connectivity index (χ1v) is 10.2. The number of rotatable bonds is 6. The van der Waals surface area contributed by atoms with Gasteiger partial charge in [0.1, 0.15) is 12.4 Å². The van der Waals surface area contributed by atoms with E-state index < -0.39 is 17.2 Å². The summed E-state index contributed by atoms with van der Waals surface area (Å²) in [5, 5.41) is 11.1. The molecule has 0 fully saturated rings. The van der Waals surface area contributed by atoms with Gasteiger partial charge < -0.3 is 15.4 Å². The Morgan fingerprint density at radius 2 is 2.00 bits per heavy atom. The molecule has 1 aromatic heterocycles. The summed E-state index contributed by atoms with van der Waals surface area (Å²) < 4.78 is 46.2. The predicted octanol–water partition coefficient (Wildman–Crippen LogP) is 3.52. The average Bonchev–Trinajstić information content (AvgIpc) is 3.12. The SMILES string of the molecule is CN=C(NCC(C)(C)c1cccc(C(F)(F)F)c1)NC1CCc2nc(COC)nn2C1.I. The van der Waals surface area contributed by atoms with Crippen LogP contribution in [-0.2, 0) is 35.9 Å². The van der Waals surface area contributed by atoms with Gasteiger partial charge in [-0.15, -0.1) is 24.0 Å². The molecule has 1 aromatic carbocycles. The number of ether oxygens (including phenoxy) is 1. The molecular formula is C21H30F3IN6O. The number of hydrogen-bond acceptors (Lipinski definition) is 4. The Morgan fingerprint density at radius 3 is 2.66 bits per heavy atom. The van der Waals surface area contributed by atoms with Crippen molar-refractivity contribution in [3.63, 3.8) is 0 Å². The third-order valence-corrected chi connectivity index (χ3v) is 5.41. The molecule has 0 saturated heterocycles. The second-order valence-corrected chi connectivity index (χ2v) is 8.33. The molecule has 7 nitrogen and oxygen atoms in total. The van der Waals surface area contributed by atoms with E-state index in [0.717, 1.165) is 24.7 Å². The summed E-state index contributed by atoms with van der Waals surface area (Å²) in [5.74, 6) is 2.22. The van der Waals surface area contributed by atoms with Gasteiger partial charge in [-0.2, -0.15) is 18.3 Å². The fourth-order valence-electron chi connectivity index (χ4n) is 3.58. The summed E-state index contributed by atoms with van der Waals surface area (Å²) in [6.45, 7) is 5.27. The van der Waals surface area contributed by atoms with E-state index >= 15 is 0 Å². The lowest BCUT2D eigenvalue weighted by molar-refractivity contribution is -0.137. The number of fused-ring (bicyclic) bond motifs is 1. The Balaban J connectivity index is 0.00000363. The number of aromatic nitrogens is 3. The van der Waals surface area contributed by atoms with E-state index in [0.29, 0.717) is 37.0 Å². The van der Waals surface area contributed by atoms with Gasteiger partial charge in [-0.25, -0.2) is 9.67 Å². The Kier molecular flexibility index (Phi) is 8.91. The summed E-state index contributed by atoms with van der Waals surface area (Å²) in [5.41, 5.74) is -0.556. The lowest BCUT2D eigenvalue weighted by atomic mass is 9.84. The third kappa shape index (κ3) is 6.56. The maximum Gasteiger partial charge on any atom is 0.416 e. The molecule has 0 bridgehead atoms. The quantitative estimate of drug-likeness (QED) is 0.318. The van der Waals surface area contributed by atoms with Gasteiger partial charge in [0, 0.05) is 38.6 Å². The standard InChI is InChI=1S/C21H29F3N6O.HI/c1-20(2,14-6-5-7-15(10-14)21(22,23)24)13-26-19(25-3)27-16-8-9-18-28-17(12-31-4)29-30(18)11-16;/h5-7,10,16H,8-9,11-13H2,1-4H3,(H2,25,26,27);1H. The van der Waals surface area contributed by atoms with Gasteiger partial charge in [-0.05, 0) is 18.1 Å². The highest BCUT2D eigenvalue weighted by atomic mass is 127. The van der Waals surface area contributed by atoms with E-state index in [1.807, 2.05) is 18.5 Å². The number of nitrogens with zero attached hydrogens (tertiary/aromatic N) is 4. The molecular weight excluding hydrogens is 536 g/mol. The fraction of sp³-hybridized carbons (Fsp3) is 0.571. The summed E-state index contributed by atoms with van der Waals surface area (Å²) in [4.78, 5) is 8.75. The van der Waals surface area contributed by atoms with Crippen LogP contribution >= 0.6 is 24.0 Å². The highest BCUT2D eigenvalue weighted by Crippen LogP contribution is 2.32. The molecule has 1 aliphatic heterocycles. The second kappa shape index (κ2) is 10.8. The molecule has 32 heavy (non-hydrogen) atoms. The fourth-order valence-corrected chi connectivity index (χ4v) is 3.58. The lowest BCUT2D eigenvalue weighted by Gasteiger charge is -2.29. The third-order valence-electron chi connectivity index (χ3n) is 5.41. The van der Waals surface area contributed by atoms with Crippen molar-refractivity contribution < 1.29 is 17.9 Å². The van der Waals surface area contributed by atoms with Crippen molar-refractivity contribution in [1.82, 2.24) is 25.4 Å². The molecule has 0 spiro atoms. The van der Waals surface area contributed by atoms with Gasteiger partial charge in [-0.3, -0.25) is 4.99 Å². The van der Waals surface area contributed by atoms with Gasteiger partial charge >= 0.3 is 6.18 Å². The number of guanidine groups is 1. The van der Waals surface area contributed by atoms with E-state index in [2.05, 4.69) is 25.7 Å². The highest BCUT2D eigenvalue weighted by molar-refractivity contribution is 14.0. The first kappa shape index (κ1) is 26.4. The monoisotopic (exact) mass is 566 g/mol. The smallest absolute Gasteiger partial charge is 0.377 e. The first-order valence-electron chi connectivity index (χ1n) is 10.2. The van der Waals surface area contributed by atoms with Crippen molar-refractivity contribution in [3.05, 3.63) is 47.0 Å². The zero-order valence-electron chi connectivity index (χ0n) is 18.7. The van der Waals surface area contributed by atoms with Crippen LogP contribution < -0.4 is 10.6 Å². The van der Waals surface area contributed by atoms with Gasteiger partial charge in [0.15, 0.2) is 11.8 Å². The van der Waals surface area contributed by atoms with Crippen LogP contribution in [0.5, 0.6) is 0 Å². The summed E-state index contributed by atoms with van der Waals surface area (Å²) >= 11 is 0. The number of hydrogen-bond donors (Lipinski definition) is 2. The normalized spacial score (nSPS) is 16.8. The predicted molar refractivity (Wildman–Crippen MR) is 127 cm³/mol. The van der Waals surface area contributed by atoms with Gasteiger partial charge in [0.05, 0.1) is 12.1 Å². The molecule has 0 saturated carbocycles. The Hall–Kier alpha value is -1.89. The van der Waals surface area contributed by atoms with Crippen LogP contribution in [0.2, 0.25) is 0 Å². The first-order chi connectivity index (χ1) is 14.6. The van der Waals surface area contributed by atoms with Gasteiger partial charge in [-0.1, -0.05) is 32.0 Å². The van der Waals surface area contributed by atoms with Crippen LogP contribution in [0.1, 0.15) is 43.0 Å². The largest absolute Gasteiger partial charge is 0.416 e.